The zero-order valence-electron chi connectivity index (χ0n) is 14.2. The van der Waals surface area contributed by atoms with E-state index >= 15 is 0 Å². The molecule has 0 aliphatic heterocycles. The molecule has 0 fully saturated rings. The van der Waals surface area contributed by atoms with E-state index in [0.717, 1.165) is 38.4 Å². The zero-order chi connectivity index (χ0) is 15.7. The minimum atomic E-state index is 0.493. The molecule has 4 nitrogen and oxygen atoms in total. The van der Waals surface area contributed by atoms with Gasteiger partial charge < -0.3 is 15.0 Å². The summed E-state index contributed by atoms with van der Waals surface area (Å²) in [5.74, 6) is 1.05. The van der Waals surface area contributed by atoms with E-state index in [9.17, 15) is 0 Å². The Morgan fingerprint density at radius 1 is 1.24 bits per heavy atom. The van der Waals surface area contributed by atoms with Crippen LogP contribution < -0.4 is 10.2 Å². The molecule has 0 saturated heterocycles. The van der Waals surface area contributed by atoms with Gasteiger partial charge in [0.15, 0.2) is 0 Å². The third kappa shape index (κ3) is 6.02. The van der Waals surface area contributed by atoms with Crippen LogP contribution in [0.15, 0.2) is 18.3 Å². The molecule has 1 aromatic heterocycles. The molecule has 0 spiro atoms. The number of hydrogen-bond acceptors (Lipinski definition) is 4. The molecule has 0 aliphatic carbocycles. The number of hydrogen-bond donors (Lipinski definition) is 1. The first-order valence-electron chi connectivity index (χ1n) is 8.06. The highest BCUT2D eigenvalue weighted by atomic mass is 16.5. The van der Waals surface area contributed by atoms with E-state index in [1.54, 1.807) is 7.11 Å². The second-order valence-corrected chi connectivity index (χ2v) is 5.72. The van der Waals surface area contributed by atoms with Gasteiger partial charge in [0.05, 0.1) is 6.61 Å². The lowest BCUT2D eigenvalue weighted by Crippen LogP contribution is -2.37. The third-order valence-electron chi connectivity index (χ3n) is 3.74. The van der Waals surface area contributed by atoms with Crippen molar-refractivity contribution in [1.82, 2.24) is 10.3 Å². The summed E-state index contributed by atoms with van der Waals surface area (Å²) in [6.07, 6.45) is 4.23. The Bertz CT molecular complexity index is 374. The molecule has 0 saturated carbocycles. The fourth-order valence-electron chi connectivity index (χ4n) is 2.42. The fraction of sp³-hybridized carbons (Fsp3) is 0.706. The van der Waals surface area contributed by atoms with Crippen molar-refractivity contribution in [3.05, 3.63) is 23.9 Å². The Labute approximate surface area is 129 Å². The first-order chi connectivity index (χ1) is 10.1. The van der Waals surface area contributed by atoms with Crippen LogP contribution in [0.3, 0.4) is 0 Å². The molecule has 0 radical (unpaired) electrons. The lowest BCUT2D eigenvalue weighted by molar-refractivity contribution is 0.202. The van der Waals surface area contributed by atoms with Gasteiger partial charge in [0, 0.05) is 38.5 Å². The minimum Gasteiger partial charge on any atom is -0.383 e. The maximum Gasteiger partial charge on any atom is 0.128 e. The first kappa shape index (κ1) is 17.9. The van der Waals surface area contributed by atoms with Crippen LogP contribution in [0.2, 0.25) is 0 Å². The molecule has 1 aromatic rings. The van der Waals surface area contributed by atoms with Crippen LogP contribution in [0, 0.1) is 0 Å². The minimum absolute atomic E-state index is 0.493. The van der Waals surface area contributed by atoms with Crippen LogP contribution in [0.5, 0.6) is 0 Å². The molecule has 0 bridgehead atoms. The standard InChI is InChI=1S/C17H31N3O/c1-6-16(7-2)20(10-11-21-5)17-9-8-15(13-19-17)12-18-14(3)4/h8-9,13-14,16,18H,6-7,10-12H2,1-5H3. The third-order valence-corrected chi connectivity index (χ3v) is 3.74. The van der Waals surface area contributed by atoms with E-state index in [1.807, 2.05) is 6.20 Å². The second kappa shape index (κ2) is 9.74. The number of anilines is 1. The SMILES string of the molecule is CCC(CC)N(CCOC)c1ccc(CNC(C)C)cn1. The zero-order valence-corrected chi connectivity index (χ0v) is 14.2. The van der Waals surface area contributed by atoms with Crippen LogP contribution >= 0.6 is 0 Å². The van der Waals surface area contributed by atoms with Gasteiger partial charge in [0.2, 0.25) is 0 Å². The molecule has 21 heavy (non-hydrogen) atoms. The molecule has 120 valence electrons. The summed E-state index contributed by atoms with van der Waals surface area (Å²) in [4.78, 5) is 7.02. The Hall–Kier alpha value is -1.13. The average molecular weight is 293 g/mol. The molecule has 4 heteroatoms. The molecular weight excluding hydrogens is 262 g/mol. The summed E-state index contributed by atoms with van der Waals surface area (Å²) in [6, 6.07) is 5.31. The van der Waals surface area contributed by atoms with Crippen molar-refractivity contribution in [3.63, 3.8) is 0 Å². The van der Waals surface area contributed by atoms with Gasteiger partial charge in [-0.05, 0) is 24.5 Å². The van der Waals surface area contributed by atoms with Crippen molar-refractivity contribution in [2.75, 3.05) is 25.2 Å². The predicted octanol–water partition coefficient (Wildman–Crippen LogP) is 3.22. The highest BCUT2D eigenvalue weighted by molar-refractivity contribution is 5.40. The summed E-state index contributed by atoms with van der Waals surface area (Å²) in [5.41, 5.74) is 1.23. The number of rotatable bonds is 10. The van der Waals surface area contributed by atoms with Crippen molar-refractivity contribution in [1.29, 1.82) is 0 Å². The van der Waals surface area contributed by atoms with Gasteiger partial charge in [-0.2, -0.15) is 0 Å². The van der Waals surface area contributed by atoms with Crippen molar-refractivity contribution in [3.8, 4) is 0 Å². The van der Waals surface area contributed by atoms with E-state index < -0.39 is 0 Å². The topological polar surface area (TPSA) is 37.4 Å². The van der Waals surface area contributed by atoms with Crippen molar-refractivity contribution < 1.29 is 4.74 Å². The summed E-state index contributed by atoms with van der Waals surface area (Å²) in [5, 5.41) is 3.42. The van der Waals surface area contributed by atoms with Crippen LogP contribution in [-0.4, -0.2) is 37.3 Å². The van der Waals surface area contributed by atoms with Gasteiger partial charge in [-0.15, -0.1) is 0 Å². The van der Waals surface area contributed by atoms with E-state index in [-0.39, 0.29) is 0 Å². The number of nitrogens with one attached hydrogen (secondary N) is 1. The molecule has 0 amide bonds. The summed E-state index contributed by atoms with van der Waals surface area (Å²) in [6.45, 7) is 11.3. The largest absolute Gasteiger partial charge is 0.383 e. The quantitative estimate of drug-likeness (QED) is 0.719. The van der Waals surface area contributed by atoms with Crippen molar-refractivity contribution in [2.24, 2.45) is 0 Å². The maximum absolute atomic E-state index is 5.24. The van der Waals surface area contributed by atoms with Gasteiger partial charge in [-0.25, -0.2) is 4.98 Å². The van der Waals surface area contributed by atoms with Crippen LogP contribution in [-0.2, 0) is 11.3 Å². The van der Waals surface area contributed by atoms with Gasteiger partial charge >= 0.3 is 0 Å². The number of ether oxygens (including phenoxy) is 1. The van der Waals surface area contributed by atoms with Crippen LogP contribution in [0.4, 0.5) is 5.82 Å². The average Bonchev–Trinajstić information content (AvgIpc) is 2.50. The number of aromatic nitrogens is 1. The van der Waals surface area contributed by atoms with Crippen molar-refractivity contribution >= 4 is 5.82 Å². The monoisotopic (exact) mass is 293 g/mol. The predicted molar refractivity (Wildman–Crippen MR) is 89.8 cm³/mol. The molecule has 1 N–H and O–H groups in total. The highest BCUT2D eigenvalue weighted by Gasteiger charge is 2.16. The van der Waals surface area contributed by atoms with E-state index in [4.69, 9.17) is 4.74 Å². The van der Waals surface area contributed by atoms with Crippen LogP contribution in [0.25, 0.3) is 0 Å². The second-order valence-electron chi connectivity index (χ2n) is 5.72. The lowest BCUT2D eigenvalue weighted by atomic mass is 10.1. The normalized spacial score (nSPS) is 11.4. The highest BCUT2D eigenvalue weighted by Crippen LogP contribution is 2.18. The van der Waals surface area contributed by atoms with E-state index in [2.05, 4.69) is 55.0 Å². The molecule has 0 aromatic carbocycles. The molecular formula is C17H31N3O. The number of nitrogens with zero attached hydrogens (tertiary/aromatic N) is 2. The van der Waals surface area contributed by atoms with E-state index in [0.29, 0.717) is 12.1 Å². The Kier molecular flexibility index (Phi) is 8.31. The Balaban J connectivity index is 2.77. The maximum atomic E-state index is 5.24. The first-order valence-corrected chi connectivity index (χ1v) is 8.06. The lowest BCUT2D eigenvalue weighted by Gasteiger charge is -2.31. The van der Waals surface area contributed by atoms with Crippen LogP contribution in [0.1, 0.15) is 46.1 Å². The summed E-state index contributed by atoms with van der Waals surface area (Å²) >= 11 is 0. The Morgan fingerprint density at radius 3 is 2.43 bits per heavy atom. The summed E-state index contributed by atoms with van der Waals surface area (Å²) in [7, 11) is 1.75. The van der Waals surface area contributed by atoms with E-state index in [1.165, 1.54) is 5.56 Å². The van der Waals surface area contributed by atoms with Gasteiger partial charge in [0.1, 0.15) is 5.82 Å². The van der Waals surface area contributed by atoms with Gasteiger partial charge in [0.25, 0.3) is 0 Å². The molecule has 0 atom stereocenters. The molecule has 1 heterocycles. The number of methoxy groups -OCH3 is 1. The number of pyridine rings is 1. The Morgan fingerprint density at radius 2 is 1.95 bits per heavy atom. The van der Waals surface area contributed by atoms with Gasteiger partial charge in [-0.1, -0.05) is 33.8 Å². The molecule has 0 unspecified atom stereocenters. The van der Waals surface area contributed by atoms with Gasteiger partial charge in [-0.3, -0.25) is 0 Å². The smallest absolute Gasteiger partial charge is 0.128 e. The summed E-state index contributed by atoms with van der Waals surface area (Å²) < 4.78 is 5.24. The fourth-order valence-corrected chi connectivity index (χ4v) is 2.42. The molecule has 0 aliphatic rings. The molecule has 1 rings (SSSR count). The van der Waals surface area contributed by atoms with Crippen molar-refractivity contribution in [2.45, 2.75) is 59.2 Å².